The van der Waals surface area contributed by atoms with Crippen molar-refractivity contribution in [2.75, 3.05) is 13.2 Å². The van der Waals surface area contributed by atoms with E-state index in [2.05, 4.69) is 19.2 Å². The summed E-state index contributed by atoms with van der Waals surface area (Å²) in [4.78, 5) is 0. The summed E-state index contributed by atoms with van der Waals surface area (Å²) >= 11 is 0. The largest absolute Gasteiger partial charge is 0.393 e. The molecule has 1 aliphatic carbocycles. The third-order valence-corrected chi connectivity index (χ3v) is 4.25. The van der Waals surface area contributed by atoms with Crippen LogP contribution in [0, 0.1) is 5.92 Å². The summed E-state index contributed by atoms with van der Waals surface area (Å²) in [5, 5.41) is 12.9. The zero-order chi connectivity index (χ0) is 11.6. The highest BCUT2D eigenvalue weighted by Gasteiger charge is 2.33. The molecule has 0 aromatic heterocycles. The summed E-state index contributed by atoms with van der Waals surface area (Å²) in [5.74, 6) is 0.700. The first-order valence-electron chi connectivity index (χ1n) is 6.67. The Labute approximate surface area is 98.6 Å². The number of hydrogen-bond acceptors (Lipinski definition) is 3. The van der Waals surface area contributed by atoms with Gasteiger partial charge in [-0.1, -0.05) is 6.92 Å². The van der Waals surface area contributed by atoms with Crippen molar-refractivity contribution in [1.29, 1.82) is 0 Å². The third kappa shape index (κ3) is 2.96. The number of rotatable bonds is 4. The van der Waals surface area contributed by atoms with E-state index in [-0.39, 0.29) is 11.7 Å². The SMILES string of the molecule is CCC1(C)CC(NCC2CC(O)C2)CCO1. The molecule has 0 amide bonds. The number of hydrogen-bond donors (Lipinski definition) is 2. The smallest absolute Gasteiger partial charge is 0.0666 e. The lowest BCUT2D eigenvalue weighted by molar-refractivity contribution is -0.0791. The summed E-state index contributed by atoms with van der Waals surface area (Å²) in [5.41, 5.74) is 0.0784. The van der Waals surface area contributed by atoms with Gasteiger partial charge in [-0.05, 0) is 51.5 Å². The molecule has 94 valence electrons. The zero-order valence-electron chi connectivity index (χ0n) is 10.5. The van der Waals surface area contributed by atoms with Gasteiger partial charge < -0.3 is 15.2 Å². The van der Waals surface area contributed by atoms with E-state index >= 15 is 0 Å². The number of aliphatic hydroxyl groups excluding tert-OH is 1. The van der Waals surface area contributed by atoms with E-state index in [9.17, 15) is 5.11 Å². The van der Waals surface area contributed by atoms with E-state index in [1.165, 1.54) is 0 Å². The van der Waals surface area contributed by atoms with Gasteiger partial charge in [-0.15, -0.1) is 0 Å². The standard InChI is InChI=1S/C13H25NO2/c1-3-13(2)8-11(4-5-16-13)14-9-10-6-12(15)7-10/h10-12,14-15H,3-9H2,1-2H3. The molecule has 2 fully saturated rings. The van der Waals surface area contributed by atoms with Crippen LogP contribution in [-0.2, 0) is 4.74 Å². The molecule has 0 aromatic rings. The minimum atomic E-state index is -0.0256. The van der Waals surface area contributed by atoms with Gasteiger partial charge >= 0.3 is 0 Å². The normalized spacial score (nSPS) is 44.1. The van der Waals surface area contributed by atoms with Crippen LogP contribution in [0.3, 0.4) is 0 Å². The molecule has 16 heavy (non-hydrogen) atoms. The molecule has 0 bridgehead atoms. The second-order valence-electron chi connectivity index (χ2n) is 5.74. The van der Waals surface area contributed by atoms with Gasteiger partial charge in [0.1, 0.15) is 0 Å². The van der Waals surface area contributed by atoms with E-state index in [0.717, 1.165) is 45.3 Å². The van der Waals surface area contributed by atoms with E-state index < -0.39 is 0 Å². The first kappa shape index (κ1) is 12.3. The van der Waals surface area contributed by atoms with E-state index in [0.29, 0.717) is 12.0 Å². The lowest BCUT2D eigenvalue weighted by Crippen LogP contribution is -2.47. The minimum absolute atomic E-state index is 0.0256. The molecule has 1 heterocycles. The van der Waals surface area contributed by atoms with Crippen LogP contribution in [0.4, 0.5) is 0 Å². The Bertz CT molecular complexity index is 228. The van der Waals surface area contributed by atoms with Crippen LogP contribution >= 0.6 is 0 Å². The fourth-order valence-corrected chi connectivity index (χ4v) is 2.75. The molecule has 3 nitrogen and oxygen atoms in total. The maximum atomic E-state index is 9.23. The molecule has 3 heteroatoms. The van der Waals surface area contributed by atoms with Crippen molar-refractivity contribution >= 4 is 0 Å². The Balaban J connectivity index is 1.69. The Morgan fingerprint density at radius 3 is 2.81 bits per heavy atom. The van der Waals surface area contributed by atoms with Crippen molar-refractivity contribution < 1.29 is 9.84 Å². The van der Waals surface area contributed by atoms with Crippen molar-refractivity contribution in [2.45, 2.75) is 63.7 Å². The number of ether oxygens (including phenoxy) is 1. The second kappa shape index (κ2) is 5.03. The van der Waals surface area contributed by atoms with Gasteiger partial charge in [-0.3, -0.25) is 0 Å². The van der Waals surface area contributed by atoms with Crippen LogP contribution in [0.1, 0.15) is 46.0 Å². The summed E-state index contributed by atoms with van der Waals surface area (Å²) in [6.45, 7) is 6.37. The van der Waals surface area contributed by atoms with Crippen molar-refractivity contribution in [1.82, 2.24) is 5.32 Å². The van der Waals surface area contributed by atoms with E-state index in [4.69, 9.17) is 4.74 Å². The molecular formula is C13H25NO2. The quantitative estimate of drug-likeness (QED) is 0.768. The van der Waals surface area contributed by atoms with Gasteiger partial charge in [0.15, 0.2) is 0 Å². The minimum Gasteiger partial charge on any atom is -0.393 e. The molecule has 2 unspecified atom stereocenters. The molecule has 1 saturated heterocycles. The average Bonchev–Trinajstić information content (AvgIpc) is 2.23. The first-order chi connectivity index (χ1) is 7.61. The van der Waals surface area contributed by atoms with Gasteiger partial charge in [-0.25, -0.2) is 0 Å². The molecular weight excluding hydrogens is 202 g/mol. The van der Waals surface area contributed by atoms with Crippen LogP contribution in [0.5, 0.6) is 0 Å². The van der Waals surface area contributed by atoms with Crippen LogP contribution in [-0.4, -0.2) is 36.0 Å². The van der Waals surface area contributed by atoms with Gasteiger partial charge in [0, 0.05) is 12.6 Å². The number of nitrogens with one attached hydrogen (secondary N) is 1. The molecule has 0 aromatic carbocycles. The summed E-state index contributed by atoms with van der Waals surface area (Å²) < 4.78 is 5.83. The van der Waals surface area contributed by atoms with Crippen molar-refractivity contribution in [3.8, 4) is 0 Å². The molecule has 1 saturated carbocycles. The molecule has 2 aliphatic rings. The van der Waals surface area contributed by atoms with Crippen molar-refractivity contribution in [3.63, 3.8) is 0 Å². The van der Waals surface area contributed by atoms with Crippen LogP contribution in [0.15, 0.2) is 0 Å². The van der Waals surface area contributed by atoms with Gasteiger partial charge in [-0.2, -0.15) is 0 Å². The molecule has 2 atom stereocenters. The highest BCUT2D eigenvalue weighted by Crippen LogP contribution is 2.29. The maximum absolute atomic E-state index is 9.23. The van der Waals surface area contributed by atoms with Crippen molar-refractivity contribution in [3.05, 3.63) is 0 Å². The molecule has 0 spiro atoms. The Hall–Kier alpha value is -0.120. The third-order valence-electron chi connectivity index (χ3n) is 4.25. The summed E-state index contributed by atoms with van der Waals surface area (Å²) in [6.07, 6.45) is 5.29. The molecule has 2 N–H and O–H groups in total. The van der Waals surface area contributed by atoms with Gasteiger partial charge in [0.2, 0.25) is 0 Å². The monoisotopic (exact) mass is 227 g/mol. The highest BCUT2D eigenvalue weighted by atomic mass is 16.5. The number of aliphatic hydroxyl groups is 1. The van der Waals surface area contributed by atoms with Crippen LogP contribution < -0.4 is 5.32 Å². The summed E-state index contributed by atoms with van der Waals surface area (Å²) in [7, 11) is 0. The molecule has 0 radical (unpaired) electrons. The lowest BCUT2D eigenvalue weighted by atomic mass is 9.82. The van der Waals surface area contributed by atoms with E-state index in [1.807, 2.05) is 0 Å². The zero-order valence-corrected chi connectivity index (χ0v) is 10.5. The topological polar surface area (TPSA) is 41.5 Å². The van der Waals surface area contributed by atoms with Crippen LogP contribution in [0.2, 0.25) is 0 Å². The fraction of sp³-hybridized carbons (Fsp3) is 1.00. The first-order valence-corrected chi connectivity index (χ1v) is 6.67. The van der Waals surface area contributed by atoms with E-state index in [1.54, 1.807) is 0 Å². The Kier molecular flexibility index (Phi) is 3.88. The molecule has 1 aliphatic heterocycles. The van der Waals surface area contributed by atoms with Gasteiger partial charge in [0.05, 0.1) is 11.7 Å². The van der Waals surface area contributed by atoms with Crippen molar-refractivity contribution in [2.24, 2.45) is 5.92 Å². The summed E-state index contributed by atoms with van der Waals surface area (Å²) in [6, 6.07) is 0.608. The maximum Gasteiger partial charge on any atom is 0.0666 e. The fourth-order valence-electron chi connectivity index (χ4n) is 2.75. The Morgan fingerprint density at radius 2 is 2.19 bits per heavy atom. The second-order valence-corrected chi connectivity index (χ2v) is 5.74. The molecule has 2 rings (SSSR count). The average molecular weight is 227 g/mol. The van der Waals surface area contributed by atoms with Crippen LogP contribution in [0.25, 0.3) is 0 Å². The predicted octanol–water partition coefficient (Wildman–Crippen LogP) is 1.69. The highest BCUT2D eigenvalue weighted by molar-refractivity contribution is 4.87. The van der Waals surface area contributed by atoms with Gasteiger partial charge in [0.25, 0.3) is 0 Å². The predicted molar refractivity (Wildman–Crippen MR) is 64.4 cm³/mol. The lowest BCUT2D eigenvalue weighted by Gasteiger charge is -2.39. The Morgan fingerprint density at radius 1 is 1.44 bits per heavy atom.